The molecule has 0 saturated carbocycles. The van der Waals surface area contributed by atoms with Gasteiger partial charge in [0.15, 0.2) is 0 Å². The molecule has 2 heterocycles. The Labute approximate surface area is 149 Å². The van der Waals surface area contributed by atoms with E-state index in [1.807, 2.05) is 23.9 Å². The lowest BCUT2D eigenvalue weighted by Crippen LogP contribution is -2.11. The fourth-order valence-electron chi connectivity index (χ4n) is 2.08. The SMILES string of the molecule is C=S(N)(=O)c1ccc(Nc2ncc(-c3cccs3)c(SC)n2)cc1. The lowest BCUT2D eigenvalue weighted by molar-refractivity contribution is 0.682. The van der Waals surface area contributed by atoms with Crippen molar-refractivity contribution >= 4 is 50.3 Å². The summed E-state index contributed by atoms with van der Waals surface area (Å²) in [6.45, 7) is 0. The highest BCUT2D eigenvalue weighted by atomic mass is 32.2. The van der Waals surface area contributed by atoms with Gasteiger partial charge in [-0.05, 0) is 47.8 Å². The number of rotatable bonds is 5. The number of benzene rings is 1. The highest BCUT2D eigenvalue weighted by molar-refractivity contribution is 7.98. The molecule has 0 saturated heterocycles. The van der Waals surface area contributed by atoms with E-state index in [0.29, 0.717) is 10.8 Å². The molecule has 0 aliphatic rings. The molecule has 1 atom stereocenters. The number of anilines is 2. The quantitative estimate of drug-likeness (QED) is 0.404. The number of hydrogen-bond acceptors (Lipinski definition) is 6. The number of hydrogen-bond donors (Lipinski definition) is 2. The Bertz CT molecular complexity index is 936. The first-order valence-electron chi connectivity index (χ1n) is 6.94. The van der Waals surface area contributed by atoms with E-state index in [0.717, 1.165) is 21.2 Å². The maximum absolute atomic E-state index is 11.7. The van der Waals surface area contributed by atoms with Crippen LogP contribution in [-0.2, 0) is 9.71 Å². The van der Waals surface area contributed by atoms with Crippen LogP contribution in [0.3, 0.4) is 0 Å². The van der Waals surface area contributed by atoms with Gasteiger partial charge < -0.3 is 5.32 Å². The molecule has 0 fully saturated rings. The van der Waals surface area contributed by atoms with Crippen LogP contribution in [0.5, 0.6) is 0 Å². The summed E-state index contributed by atoms with van der Waals surface area (Å²) in [5.74, 6) is 3.98. The normalized spacial score (nSPS) is 13.4. The smallest absolute Gasteiger partial charge is 0.228 e. The average Bonchev–Trinajstić information content (AvgIpc) is 3.08. The van der Waals surface area contributed by atoms with Crippen LogP contribution in [0.2, 0.25) is 0 Å². The minimum Gasteiger partial charge on any atom is -0.324 e. The molecule has 1 aromatic carbocycles. The standard InChI is InChI=1S/C16H16N4OS3/c1-22-15-13(14-4-3-9-23-14)10-18-16(20-15)19-11-5-7-12(8-6-11)24(2,17)21/h3-10H,2H2,1H3,(H2,17,21)(H,18,19,20). The van der Waals surface area contributed by atoms with Crippen LogP contribution in [0.4, 0.5) is 11.6 Å². The molecule has 1 unspecified atom stereocenters. The van der Waals surface area contributed by atoms with Crippen molar-refractivity contribution in [2.24, 2.45) is 5.14 Å². The van der Waals surface area contributed by atoms with Crippen LogP contribution >= 0.6 is 23.1 Å². The zero-order valence-corrected chi connectivity index (χ0v) is 15.4. The van der Waals surface area contributed by atoms with E-state index in [1.165, 1.54) is 0 Å². The number of thioether (sulfide) groups is 1. The summed E-state index contributed by atoms with van der Waals surface area (Å²) in [7, 11) is -2.70. The van der Waals surface area contributed by atoms with E-state index < -0.39 is 9.71 Å². The molecule has 0 amide bonds. The monoisotopic (exact) mass is 376 g/mol. The van der Waals surface area contributed by atoms with Crippen LogP contribution < -0.4 is 10.5 Å². The Kier molecular flexibility index (Phi) is 4.91. The number of thiophene rings is 1. The predicted octanol–water partition coefficient (Wildman–Crippen LogP) is 3.62. The largest absolute Gasteiger partial charge is 0.324 e. The Morgan fingerprint density at radius 2 is 2.04 bits per heavy atom. The molecule has 0 aliphatic heterocycles. The van der Waals surface area contributed by atoms with Crippen LogP contribution in [0, 0.1) is 0 Å². The van der Waals surface area contributed by atoms with Gasteiger partial charge in [0.1, 0.15) is 5.03 Å². The van der Waals surface area contributed by atoms with Crippen molar-refractivity contribution in [2.45, 2.75) is 9.92 Å². The third-order valence-corrected chi connectivity index (χ3v) is 5.91. The van der Waals surface area contributed by atoms with Crippen molar-refractivity contribution in [1.29, 1.82) is 0 Å². The van der Waals surface area contributed by atoms with Gasteiger partial charge in [0, 0.05) is 27.2 Å². The molecular weight excluding hydrogens is 360 g/mol. The third kappa shape index (κ3) is 3.78. The van der Waals surface area contributed by atoms with Crippen LogP contribution in [0.25, 0.3) is 10.4 Å². The summed E-state index contributed by atoms with van der Waals surface area (Å²) >= 11 is 3.24. The van der Waals surface area contributed by atoms with E-state index in [9.17, 15) is 4.21 Å². The van der Waals surface area contributed by atoms with Gasteiger partial charge in [-0.1, -0.05) is 6.07 Å². The van der Waals surface area contributed by atoms with E-state index in [-0.39, 0.29) is 0 Å². The predicted molar refractivity (Wildman–Crippen MR) is 105 cm³/mol. The van der Waals surface area contributed by atoms with Crippen molar-refractivity contribution in [1.82, 2.24) is 9.97 Å². The van der Waals surface area contributed by atoms with Crippen molar-refractivity contribution < 1.29 is 4.21 Å². The molecule has 5 nitrogen and oxygen atoms in total. The summed E-state index contributed by atoms with van der Waals surface area (Å²) in [6.07, 6.45) is 3.81. The van der Waals surface area contributed by atoms with E-state index in [4.69, 9.17) is 5.14 Å². The fourth-order valence-corrected chi connectivity index (χ4v) is 4.04. The summed E-state index contributed by atoms with van der Waals surface area (Å²) in [6, 6.07) is 11.0. The van der Waals surface area contributed by atoms with Crippen LogP contribution in [-0.4, -0.2) is 26.3 Å². The first-order chi connectivity index (χ1) is 11.5. The topological polar surface area (TPSA) is 80.9 Å². The zero-order valence-electron chi connectivity index (χ0n) is 12.9. The average molecular weight is 377 g/mol. The first-order valence-corrected chi connectivity index (χ1v) is 10.8. The van der Waals surface area contributed by atoms with Crippen molar-refractivity contribution in [3.8, 4) is 10.4 Å². The van der Waals surface area contributed by atoms with Crippen LogP contribution in [0.15, 0.2) is 57.9 Å². The molecule has 2 aromatic heterocycles. The van der Waals surface area contributed by atoms with Gasteiger partial charge >= 0.3 is 0 Å². The lowest BCUT2D eigenvalue weighted by Gasteiger charge is -2.09. The maximum atomic E-state index is 11.7. The Balaban J connectivity index is 1.85. The van der Waals surface area contributed by atoms with Gasteiger partial charge in [-0.25, -0.2) is 14.2 Å². The number of nitrogens with one attached hydrogen (secondary N) is 1. The van der Waals surface area contributed by atoms with Crippen LogP contribution in [0.1, 0.15) is 0 Å². The molecule has 0 radical (unpaired) electrons. The Morgan fingerprint density at radius 1 is 1.29 bits per heavy atom. The third-order valence-electron chi connectivity index (χ3n) is 3.24. The highest BCUT2D eigenvalue weighted by Crippen LogP contribution is 2.32. The fraction of sp³-hybridized carbons (Fsp3) is 0.0625. The lowest BCUT2D eigenvalue weighted by atomic mass is 10.3. The molecular formula is C16H16N4OS3. The minimum atomic E-state index is -2.70. The van der Waals surface area contributed by atoms with Crippen molar-refractivity contribution in [3.63, 3.8) is 0 Å². The van der Waals surface area contributed by atoms with Crippen molar-refractivity contribution in [2.75, 3.05) is 11.6 Å². The van der Waals surface area contributed by atoms with Crippen molar-refractivity contribution in [3.05, 3.63) is 48.0 Å². The Hall–Kier alpha value is -1.87. The van der Waals surface area contributed by atoms with E-state index >= 15 is 0 Å². The summed E-state index contributed by atoms with van der Waals surface area (Å²) < 4.78 is 11.7. The van der Waals surface area contributed by atoms with Gasteiger partial charge in [0.25, 0.3) is 0 Å². The van der Waals surface area contributed by atoms with Gasteiger partial charge in [0.2, 0.25) is 5.95 Å². The second-order valence-corrected chi connectivity index (χ2v) is 8.64. The van der Waals surface area contributed by atoms with E-state index in [1.54, 1.807) is 47.4 Å². The Morgan fingerprint density at radius 3 is 2.62 bits per heavy atom. The summed E-state index contributed by atoms with van der Waals surface area (Å²) in [5.41, 5.74) is 1.82. The van der Waals surface area contributed by atoms with Gasteiger partial charge in [-0.3, -0.25) is 5.14 Å². The second-order valence-electron chi connectivity index (χ2n) is 4.97. The van der Waals surface area contributed by atoms with Gasteiger partial charge in [-0.2, -0.15) is 0 Å². The second kappa shape index (κ2) is 6.94. The van der Waals surface area contributed by atoms with Gasteiger partial charge in [-0.15, -0.1) is 23.1 Å². The van der Waals surface area contributed by atoms with Gasteiger partial charge in [0.05, 0.1) is 9.71 Å². The molecule has 0 aliphatic carbocycles. The molecule has 124 valence electrons. The first kappa shape index (κ1) is 17.0. The molecule has 3 N–H and O–H groups in total. The minimum absolute atomic E-state index is 0.506. The molecule has 0 spiro atoms. The number of aromatic nitrogens is 2. The summed E-state index contributed by atoms with van der Waals surface area (Å²) in [5, 5.41) is 11.6. The highest BCUT2D eigenvalue weighted by Gasteiger charge is 2.10. The summed E-state index contributed by atoms with van der Waals surface area (Å²) in [4.78, 5) is 10.6. The van der Waals surface area contributed by atoms with E-state index in [2.05, 4.69) is 27.2 Å². The molecule has 3 rings (SSSR count). The molecule has 0 bridgehead atoms. The zero-order chi connectivity index (χ0) is 17.2. The number of nitrogens with zero attached hydrogens (tertiary/aromatic N) is 2. The maximum Gasteiger partial charge on any atom is 0.228 e. The number of nitrogens with two attached hydrogens (primary N) is 1. The molecule has 24 heavy (non-hydrogen) atoms. The molecule has 3 aromatic rings. The molecule has 8 heteroatoms.